The fraction of sp³-hybridized carbons (Fsp3) is 0. The molecule has 224 valence electrons. The first-order chi connectivity index (χ1) is 23.8. The summed E-state index contributed by atoms with van der Waals surface area (Å²) in [6.45, 7) is 0. The van der Waals surface area contributed by atoms with Gasteiger partial charge in [-0.05, 0) is 79.7 Å². The van der Waals surface area contributed by atoms with Crippen molar-refractivity contribution in [2.45, 2.75) is 0 Å². The molecule has 10 aromatic rings. The summed E-state index contributed by atoms with van der Waals surface area (Å²) in [5.41, 5.74) is 7.32. The van der Waals surface area contributed by atoms with E-state index in [9.17, 15) is 0 Å². The zero-order chi connectivity index (χ0) is 31.6. The van der Waals surface area contributed by atoms with E-state index in [1.165, 1.54) is 43.1 Å². The van der Waals surface area contributed by atoms with Gasteiger partial charge in [0, 0.05) is 22.0 Å². The summed E-state index contributed by atoms with van der Waals surface area (Å²) in [5.74, 6) is 0. The van der Waals surface area contributed by atoms with Crippen molar-refractivity contribution in [1.82, 2.24) is 0 Å². The fourth-order valence-electron chi connectivity index (χ4n) is 7.61. The molecule has 0 N–H and O–H groups in total. The van der Waals surface area contributed by atoms with E-state index in [0.29, 0.717) is 0 Å². The molecule has 0 aliphatic carbocycles. The van der Waals surface area contributed by atoms with Crippen molar-refractivity contribution in [3.8, 4) is 11.1 Å². The van der Waals surface area contributed by atoms with Crippen LogP contribution >= 0.6 is 0 Å². The van der Waals surface area contributed by atoms with Crippen LogP contribution < -0.4 is 4.90 Å². The number of rotatable bonds is 4. The van der Waals surface area contributed by atoms with Gasteiger partial charge in [-0.2, -0.15) is 0 Å². The number of anilines is 3. The lowest BCUT2D eigenvalue weighted by Crippen LogP contribution is -2.11. The van der Waals surface area contributed by atoms with Crippen LogP contribution in [0.25, 0.3) is 76.2 Å². The number of benzene rings is 9. The fourth-order valence-corrected chi connectivity index (χ4v) is 7.61. The van der Waals surface area contributed by atoms with Crippen LogP contribution in [0.4, 0.5) is 17.1 Å². The van der Waals surface area contributed by atoms with E-state index in [1.807, 2.05) is 0 Å². The highest BCUT2D eigenvalue weighted by Gasteiger charge is 2.24. The van der Waals surface area contributed by atoms with Gasteiger partial charge in [0.15, 0.2) is 0 Å². The Balaban J connectivity index is 1.32. The summed E-state index contributed by atoms with van der Waals surface area (Å²) in [7, 11) is 0. The van der Waals surface area contributed by atoms with E-state index in [4.69, 9.17) is 4.42 Å². The minimum Gasteiger partial charge on any atom is -0.455 e. The van der Waals surface area contributed by atoms with Crippen LogP contribution in [-0.2, 0) is 0 Å². The highest BCUT2D eigenvalue weighted by Crippen LogP contribution is 2.48. The predicted octanol–water partition coefficient (Wildman–Crippen LogP) is 13.3. The van der Waals surface area contributed by atoms with Gasteiger partial charge in [-0.15, -0.1) is 0 Å². The van der Waals surface area contributed by atoms with Gasteiger partial charge in [0.2, 0.25) is 0 Å². The second kappa shape index (κ2) is 10.6. The summed E-state index contributed by atoms with van der Waals surface area (Å²) < 4.78 is 6.84. The van der Waals surface area contributed by atoms with E-state index in [2.05, 4.69) is 181 Å². The molecule has 1 aromatic heterocycles. The van der Waals surface area contributed by atoms with E-state index in [-0.39, 0.29) is 0 Å². The Bertz CT molecular complexity index is 2850. The third kappa shape index (κ3) is 4.06. The molecule has 0 fully saturated rings. The maximum absolute atomic E-state index is 6.84. The Morgan fingerprint density at radius 3 is 1.75 bits per heavy atom. The van der Waals surface area contributed by atoms with E-state index < -0.39 is 0 Å². The molecule has 0 saturated carbocycles. The molecular weight excluding hydrogens is 583 g/mol. The van der Waals surface area contributed by atoms with Gasteiger partial charge in [-0.1, -0.05) is 140 Å². The first-order valence-electron chi connectivity index (χ1n) is 16.4. The molecule has 48 heavy (non-hydrogen) atoms. The Hall–Kier alpha value is -6.38. The highest BCUT2D eigenvalue weighted by atomic mass is 16.3. The second-order valence-corrected chi connectivity index (χ2v) is 12.5. The van der Waals surface area contributed by atoms with Crippen molar-refractivity contribution in [2.24, 2.45) is 0 Å². The van der Waals surface area contributed by atoms with Gasteiger partial charge in [-0.3, -0.25) is 0 Å². The summed E-state index contributed by atoms with van der Waals surface area (Å²) in [5, 5.41) is 12.0. The van der Waals surface area contributed by atoms with Gasteiger partial charge in [0.1, 0.15) is 11.2 Å². The average molecular weight is 612 g/mol. The molecule has 0 atom stereocenters. The van der Waals surface area contributed by atoms with Crippen LogP contribution in [0, 0.1) is 0 Å². The molecule has 0 saturated heterocycles. The lowest BCUT2D eigenvalue weighted by Gasteiger charge is -2.28. The number of nitrogens with zero attached hydrogens (tertiary/aromatic N) is 1. The molecule has 9 aromatic carbocycles. The smallest absolute Gasteiger partial charge is 0.145 e. The monoisotopic (exact) mass is 611 g/mol. The maximum atomic E-state index is 6.84. The standard InChI is InChI=1S/C46H29NO/c1-4-16-35-30(11-1)14-9-20-38(35)39-27-28-43(45-40-19-7-8-22-44(40)48-46(39)45)47(42-21-10-15-31-12-3-6-18-37(31)42)34-26-25-33-24-23-32-13-2-5-17-36(32)41(33)29-34/h1-29H. The zero-order valence-corrected chi connectivity index (χ0v) is 26.1. The largest absolute Gasteiger partial charge is 0.455 e. The number of hydrogen-bond acceptors (Lipinski definition) is 2. The van der Waals surface area contributed by atoms with Crippen molar-refractivity contribution in [3.05, 3.63) is 176 Å². The number of para-hydroxylation sites is 1. The number of fused-ring (bicyclic) bond motifs is 8. The summed E-state index contributed by atoms with van der Waals surface area (Å²) in [4.78, 5) is 2.43. The molecular formula is C46H29NO. The quantitative estimate of drug-likeness (QED) is 0.184. The van der Waals surface area contributed by atoms with E-state index >= 15 is 0 Å². The van der Waals surface area contributed by atoms with Gasteiger partial charge < -0.3 is 9.32 Å². The van der Waals surface area contributed by atoms with Crippen LogP contribution in [0.15, 0.2) is 180 Å². The molecule has 0 aliphatic rings. The molecule has 0 aliphatic heterocycles. The van der Waals surface area contributed by atoms with Crippen molar-refractivity contribution in [3.63, 3.8) is 0 Å². The highest BCUT2D eigenvalue weighted by molar-refractivity contribution is 6.20. The summed E-state index contributed by atoms with van der Waals surface area (Å²) >= 11 is 0. The molecule has 0 spiro atoms. The van der Waals surface area contributed by atoms with Crippen LogP contribution in [0.2, 0.25) is 0 Å². The topological polar surface area (TPSA) is 16.4 Å². The Kier molecular flexibility index (Phi) is 5.91. The second-order valence-electron chi connectivity index (χ2n) is 12.5. The van der Waals surface area contributed by atoms with Crippen molar-refractivity contribution >= 4 is 82.1 Å². The first kappa shape index (κ1) is 26.8. The molecule has 0 radical (unpaired) electrons. The van der Waals surface area contributed by atoms with Crippen LogP contribution in [0.1, 0.15) is 0 Å². The minimum absolute atomic E-state index is 0.879. The maximum Gasteiger partial charge on any atom is 0.145 e. The first-order valence-corrected chi connectivity index (χ1v) is 16.4. The van der Waals surface area contributed by atoms with Crippen LogP contribution in [-0.4, -0.2) is 0 Å². The molecule has 1 heterocycles. The summed E-state index contributed by atoms with van der Waals surface area (Å²) in [6, 6.07) is 63.3. The molecule has 2 nitrogen and oxygen atoms in total. The van der Waals surface area contributed by atoms with Crippen molar-refractivity contribution < 1.29 is 4.42 Å². The Labute approximate surface area is 277 Å². The minimum atomic E-state index is 0.879. The van der Waals surface area contributed by atoms with Crippen LogP contribution in [0.5, 0.6) is 0 Å². The van der Waals surface area contributed by atoms with E-state index in [1.54, 1.807) is 0 Å². The zero-order valence-electron chi connectivity index (χ0n) is 26.1. The lowest BCUT2D eigenvalue weighted by molar-refractivity contribution is 0.670. The van der Waals surface area contributed by atoms with Crippen molar-refractivity contribution in [1.29, 1.82) is 0 Å². The SMILES string of the molecule is c1ccc2c(-c3ccc(N(c4ccc5ccc6ccccc6c5c4)c4cccc5ccccc45)c4c3oc3ccccc34)cccc2c1. The molecule has 10 rings (SSSR count). The number of furan rings is 1. The third-order valence-corrected chi connectivity index (χ3v) is 9.82. The van der Waals surface area contributed by atoms with Crippen LogP contribution in [0.3, 0.4) is 0 Å². The third-order valence-electron chi connectivity index (χ3n) is 9.82. The molecule has 0 bridgehead atoms. The molecule has 0 unspecified atom stereocenters. The predicted molar refractivity (Wildman–Crippen MR) is 204 cm³/mol. The Morgan fingerprint density at radius 1 is 0.354 bits per heavy atom. The van der Waals surface area contributed by atoms with E-state index in [0.717, 1.165) is 50.1 Å². The summed E-state index contributed by atoms with van der Waals surface area (Å²) in [6.07, 6.45) is 0. The lowest BCUT2D eigenvalue weighted by atomic mass is 9.95. The average Bonchev–Trinajstić information content (AvgIpc) is 3.55. The molecule has 2 heteroatoms. The van der Waals surface area contributed by atoms with Gasteiger partial charge >= 0.3 is 0 Å². The normalized spacial score (nSPS) is 11.8. The molecule has 0 amide bonds. The van der Waals surface area contributed by atoms with Crippen molar-refractivity contribution in [2.75, 3.05) is 4.90 Å². The van der Waals surface area contributed by atoms with Gasteiger partial charge in [0.05, 0.1) is 16.8 Å². The van der Waals surface area contributed by atoms with Gasteiger partial charge in [-0.25, -0.2) is 0 Å². The Morgan fingerprint density at radius 2 is 0.938 bits per heavy atom. The van der Waals surface area contributed by atoms with Gasteiger partial charge in [0.25, 0.3) is 0 Å². The number of hydrogen-bond donors (Lipinski definition) is 0.